The van der Waals surface area contributed by atoms with Crippen LogP contribution in [0.25, 0.3) is 0 Å². The molecule has 0 radical (unpaired) electrons. The van der Waals surface area contributed by atoms with Gasteiger partial charge in [-0.3, -0.25) is 9.59 Å². The van der Waals surface area contributed by atoms with Crippen molar-refractivity contribution in [3.05, 3.63) is 65.7 Å². The highest BCUT2D eigenvalue weighted by atomic mass is 16.5. The van der Waals surface area contributed by atoms with Crippen molar-refractivity contribution < 1.29 is 14.3 Å². The van der Waals surface area contributed by atoms with Crippen molar-refractivity contribution in [3.8, 4) is 5.75 Å². The van der Waals surface area contributed by atoms with Gasteiger partial charge in [-0.2, -0.15) is 0 Å². The fourth-order valence-corrected chi connectivity index (χ4v) is 2.46. The monoisotopic (exact) mass is 325 g/mol. The summed E-state index contributed by atoms with van der Waals surface area (Å²) in [5, 5.41) is 2.91. The Kier molecular flexibility index (Phi) is 6.55. The van der Waals surface area contributed by atoms with Gasteiger partial charge < -0.3 is 10.1 Å². The van der Waals surface area contributed by atoms with E-state index in [0.717, 1.165) is 6.42 Å². The minimum absolute atomic E-state index is 0.0291. The van der Waals surface area contributed by atoms with Crippen molar-refractivity contribution in [2.45, 2.75) is 26.2 Å². The van der Waals surface area contributed by atoms with Crippen LogP contribution in [0.5, 0.6) is 5.75 Å². The summed E-state index contributed by atoms with van der Waals surface area (Å²) in [7, 11) is 0. The van der Waals surface area contributed by atoms with E-state index in [2.05, 4.69) is 24.4 Å². The molecule has 0 saturated carbocycles. The molecular weight excluding hydrogens is 302 g/mol. The lowest BCUT2D eigenvalue weighted by Gasteiger charge is -2.16. The standard InChI is InChI=1S/C20H23NO3/c1-3-16(17-8-5-4-6-9-17)13-21-20(23)14-24-19-11-7-10-18(12-19)15(2)22/h4-12,16H,3,13-14H2,1-2H3,(H,21,23). The number of benzene rings is 2. The third kappa shape index (κ3) is 5.23. The second kappa shape index (κ2) is 8.87. The van der Waals surface area contributed by atoms with Gasteiger partial charge in [0.15, 0.2) is 12.4 Å². The fraction of sp³-hybridized carbons (Fsp3) is 0.300. The molecule has 0 aliphatic heterocycles. The van der Waals surface area contributed by atoms with Crippen LogP contribution in [-0.4, -0.2) is 24.8 Å². The third-order valence-electron chi connectivity index (χ3n) is 3.92. The Morgan fingerprint density at radius 1 is 1.08 bits per heavy atom. The van der Waals surface area contributed by atoms with E-state index in [-0.39, 0.29) is 24.2 Å². The lowest BCUT2D eigenvalue weighted by atomic mass is 9.96. The molecule has 1 N–H and O–H groups in total. The summed E-state index contributed by atoms with van der Waals surface area (Å²) in [4.78, 5) is 23.3. The molecule has 0 fully saturated rings. The Morgan fingerprint density at radius 2 is 1.83 bits per heavy atom. The molecule has 2 rings (SSSR count). The number of hydrogen-bond donors (Lipinski definition) is 1. The van der Waals surface area contributed by atoms with Crippen LogP contribution in [0.15, 0.2) is 54.6 Å². The molecule has 0 heterocycles. The van der Waals surface area contributed by atoms with Crippen LogP contribution in [0.1, 0.15) is 42.1 Å². The normalized spacial score (nSPS) is 11.6. The van der Waals surface area contributed by atoms with Crippen LogP contribution in [0.2, 0.25) is 0 Å². The topological polar surface area (TPSA) is 55.4 Å². The van der Waals surface area contributed by atoms with Gasteiger partial charge in [0.05, 0.1) is 0 Å². The molecule has 2 aromatic carbocycles. The van der Waals surface area contributed by atoms with E-state index in [4.69, 9.17) is 4.74 Å². The fourth-order valence-electron chi connectivity index (χ4n) is 2.46. The van der Waals surface area contributed by atoms with Crippen LogP contribution in [0.3, 0.4) is 0 Å². The molecule has 0 aromatic heterocycles. The molecule has 0 aliphatic carbocycles. The highest BCUT2D eigenvalue weighted by molar-refractivity contribution is 5.94. The van der Waals surface area contributed by atoms with E-state index < -0.39 is 0 Å². The molecular formula is C20H23NO3. The minimum atomic E-state index is -0.169. The van der Waals surface area contributed by atoms with Gasteiger partial charge in [0.1, 0.15) is 5.75 Å². The highest BCUT2D eigenvalue weighted by Gasteiger charge is 2.11. The summed E-state index contributed by atoms with van der Waals surface area (Å²) < 4.78 is 5.47. The molecule has 2 aromatic rings. The molecule has 24 heavy (non-hydrogen) atoms. The maximum Gasteiger partial charge on any atom is 0.257 e. The van der Waals surface area contributed by atoms with Crippen LogP contribution >= 0.6 is 0 Å². The zero-order valence-corrected chi connectivity index (χ0v) is 14.1. The van der Waals surface area contributed by atoms with E-state index in [1.165, 1.54) is 12.5 Å². The number of ether oxygens (including phenoxy) is 1. The maximum atomic E-state index is 12.0. The van der Waals surface area contributed by atoms with E-state index in [0.29, 0.717) is 17.9 Å². The number of ketones is 1. The molecule has 1 amide bonds. The Labute approximate surface area is 142 Å². The zero-order chi connectivity index (χ0) is 17.4. The van der Waals surface area contributed by atoms with Gasteiger partial charge in [-0.15, -0.1) is 0 Å². The van der Waals surface area contributed by atoms with Crippen molar-refractivity contribution in [1.82, 2.24) is 5.32 Å². The Hall–Kier alpha value is -2.62. The third-order valence-corrected chi connectivity index (χ3v) is 3.92. The zero-order valence-electron chi connectivity index (χ0n) is 14.1. The lowest BCUT2D eigenvalue weighted by molar-refractivity contribution is -0.123. The van der Waals surface area contributed by atoms with Crippen LogP contribution in [0, 0.1) is 0 Å². The predicted molar refractivity (Wildman–Crippen MR) is 94.4 cm³/mol. The summed E-state index contributed by atoms with van der Waals surface area (Å²) in [6.07, 6.45) is 0.950. The second-order valence-electron chi connectivity index (χ2n) is 5.69. The first-order valence-corrected chi connectivity index (χ1v) is 8.15. The smallest absolute Gasteiger partial charge is 0.257 e. The van der Waals surface area contributed by atoms with Crippen molar-refractivity contribution in [2.75, 3.05) is 13.2 Å². The molecule has 126 valence electrons. The largest absolute Gasteiger partial charge is 0.484 e. The predicted octanol–water partition coefficient (Wildman–Crippen LogP) is 3.58. The first kappa shape index (κ1) is 17.7. The molecule has 0 bridgehead atoms. The number of Topliss-reactive ketones (excluding diaryl/α,β-unsaturated/α-hetero) is 1. The second-order valence-corrected chi connectivity index (χ2v) is 5.69. The molecule has 4 nitrogen and oxygen atoms in total. The Balaban J connectivity index is 1.83. The number of rotatable bonds is 8. The molecule has 0 spiro atoms. The summed E-state index contributed by atoms with van der Waals surface area (Å²) >= 11 is 0. The van der Waals surface area contributed by atoms with Gasteiger partial charge in [0.25, 0.3) is 5.91 Å². The molecule has 4 heteroatoms. The van der Waals surface area contributed by atoms with Gasteiger partial charge in [0.2, 0.25) is 0 Å². The van der Waals surface area contributed by atoms with Crippen LogP contribution in [0.4, 0.5) is 0 Å². The number of carbonyl (C=O) groups is 2. The molecule has 0 aliphatic rings. The van der Waals surface area contributed by atoms with Crippen LogP contribution < -0.4 is 10.1 Å². The molecule has 1 atom stereocenters. The summed E-state index contributed by atoms with van der Waals surface area (Å²) in [6.45, 7) is 4.12. The van der Waals surface area contributed by atoms with Crippen molar-refractivity contribution >= 4 is 11.7 Å². The maximum absolute atomic E-state index is 12.0. The highest BCUT2D eigenvalue weighted by Crippen LogP contribution is 2.18. The van der Waals surface area contributed by atoms with Crippen molar-refractivity contribution in [3.63, 3.8) is 0 Å². The SMILES string of the molecule is CCC(CNC(=O)COc1cccc(C(C)=O)c1)c1ccccc1. The van der Waals surface area contributed by atoms with E-state index in [1.54, 1.807) is 24.3 Å². The summed E-state index contributed by atoms with van der Waals surface area (Å²) in [5.41, 5.74) is 1.79. The first-order chi connectivity index (χ1) is 11.6. The molecule has 0 saturated heterocycles. The van der Waals surface area contributed by atoms with Gasteiger partial charge in [0, 0.05) is 18.0 Å². The first-order valence-electron chi connectivity index (χ1n) is 8.15. The summed E-state index contributed by atoms with van der Waals surface area (Å²) in [6, 6.07) is 17.0. The van der Waals surface area contributed by atoms with Gasteiger partial charge in [-0.25, -0.2) is 0 Å². The average molecular weight is 325 g/mol. The van der Waals surface area contributed by atoms with E-state index in [1.807, 2.05) is 18.2 Å². The lowest BCUT2D eigenvalue weighted by Crippen LogP contribution is -2.32. The number of carbonyl (C=O) groups excluding carboxylic acids is 2. The molecule has 1 unspecified atom stereocenters. The Morgan fingerprint density at radius 3 is 2.50 bits per heavy atom. The van der Waals surface area contributed by atoms with Gasteiger partial charge in [-0.05, 0) is 31.0 Å². The van der Waals surface area contributed by atoms with Gasteiger partial charge >= 0.3 is 0 Å². The van der Waals surface area contributed by atoms with Gasteiger partial charge in [-0.1, -0.05) is 49.4 Å². The van der Waals surface area contributed by atoms with Crippen molar-refractivity contribution in [2.24, 2.45) is 0 Å². The minimum Gasteiger partial charge on any atom is -0.484 e. The van der Waals surface area contributed by atoms with E-state index in [9.17, 15) is 9.59 Å². The quantitative estimate of drug-likeness (QED) is 0.755. The number of hydrogen-bond acceptors (Lipinski definition) is 3. The number of nitrogens with one attached hydrogen (secondary N) is 1. The van der Waals surface area contributed by atoms with Crippen LogP contribution in [-0.2, 0) is 4.79 Å². The summed E-state index contributed by atoms with van der Waals surface area (Å²) in [5.74, 6) is 0.611. The van der Waals surface area contributed by atoms with Crippen molar-refractivity contribution in [1.29, 1.82) is 0 Å². The van der Waals surface area contributed by atoms with E-state index >= 15 is 0 Å². The Bertz CT molecular complexity index is 682. The number of amides is 1. The average Bonchev–Trinajstić information content (AvgIpc) is 2.61.